The zero-order valence-corrected chi connectivity index (χ0v) is 9.40. The molecule has 0 radical (unpaired) electrons. The molecule has 0 saturated carbocycles. The lowest BCUT2D eigenvalue weighted by Crippen LogP contribution is -2.23. The number of halogens is 5. The van der Waals surface area contributed by atoms with E-state index in [9.17, 15) is 22.4 Å². The van der Waals surface area contributed by atoms with Crippen molar-refractivity contribution < 1.29 is 27.1 Å². The molecule has 0 aromatic heterocycles. The molecule has 1 N–H and O–H groups in total. The van der Waals surface area contributed by atoms with Gasteiger partial charge in [0, 0.05) is 5.56 Å². The third kappa shape index (κ3) is 2.22. The molecular weight excluding hydrogens is 278 g/mol. The molecule has 98 valence electrons. The summed E-state index contributed by atoms with van der Waals surface area (Å²) in [5.41, 5.74) is -1.89. The van der Waals surface area contributed by atoms with Gasteiger partial charge in [-0.05, 0) is 12.1 Å². The second kappa shape index (κ2) is 4.31. The molecule has 0 spiro atoms. The quantitative estimate of drug-likeness (QED) is 0.803. The second-order valence-corrected chi connectivity index (χ2v) is 4.02. The van der Waals surface area contributed by atoms with Gasteiger partial charge in [0.1, 0.15) is 12.4 Å². The number of alkyl halides is 3. The Hall–Kier alpha value is -1.50. The van der Waals surface area contributed by atoms with E-state index in [1.807, 2.05) is 0 Å². The Morgan fingerprint density at radius 2 is 2.06 bits per heavy atom. The number of hydrogen-bond donors (Lipinski definition) is 1. The lowest BCUT2D eigenvalue weighted by atomic mass is 10.00. The summed E-state index contributed by atoms with van der Waals surface area (Å²) in [5, 5.41) is 1.65. The topological polar surface area (TPSA) is 38.3 Å². The van der Waals surface area contributed by atoms with Crippen molar-refractivity contribution in [2.24, 2.45) is 0 Å². The highest BCUT2D eigenvalue weighted by molar-refractivity contribution is 6.30. The molecule has 1 aliphatic rings. The first kappa shape index (κ1) is 12.9. The van der Waals surface area contributed by atoms with E-state index in [1.54, 1.807) is 0 Å². The Morgan fingerprint density at radius 1 is 1.39 bits per heavy atom. The first-order valence-electron chi connectivity index (χ1n) is 4.79. The van der Waals surface area contributed by atoms with Crippen LogP contribution in [0.4, 0.5) is 22.4 Å². The van der Waals surface area contributed by atoms with Gasteiger partial charge in [0.2, 0.25) is 0 Å². The van der Waals surface area contributed by atoms with E-state index in [-0.39, 0.29) is 6.61 Å². The van der Waals surface area contributed by atoms with Gasteiger partial charge in [-0.3, -0.25) is 0 Å². The van der Waals surface area contributed by atoms with E-state index < -0.39 is 40.3 Å². The summed E-state index contributed by atoms with van der Waals surface area (Å²) in [4.78, 5) is 10.8. The molecule has 1 aromatic carbocycles. The number of alkyl carbamates (subject to hydrolysis) is 1. The van der Waals surface area contributed by atoms with Gasteiger partial charge in [0.15, 0.2) is 0 Å². The normalized spacial score (nSPS) is 19.6. The molecule has 1 atom stereocenters. The minimum atomic E-state index is -4.74. The van der Waals surface area contributed by atoms with Crippen LogP contribution >= 0.6 is 11.6 Å². The smallest absolute Gasteiger partial charge is 0.416 e. The Morgan fingerprint density at radius 3 is 2.56 bits per heavy atom. The van der Waals surface area contributed by atoms with Gasteiger partial charge < -0.3 is 10.1 Å². The lowest BCUT2D eigenvalue weighted by molar-refractivity contribution is -0.138. The van der Waals surface area contributed by atoms with Gasteiger partial charge in [-0.1, -0.05) is 11.6 Å². The molecular formula is C10H6ClF4NO2. The summed E-state index contributed by atoms with van der Waals surface area (Å²) in [6.07, 6.45) is -5.64. The van der Waals surface area contributed by atoms with Crippen molar-refractivity contribution in [2.45, 2.75) is 12.2 Å². The lowest BCUT2D eigenvalue weighted by Gasteiger charge is -2.17. The highest BCUT2D eigenvalue weighted by Crippen LogP contribution is 2.38. The SMILES string of the molecule is O=C1N[C@H](c2c(C(F)(F)F)ccc(Cl)c2F)CO1. The molecule has 0 bridgehead atoms. The van der Waals surface area contributed by atoms with Gasteiger partial charge in [0.05, 0.1) is 16.6 Å². The van der Waals surface area contributed by atoms with Gasteiger partial charge in [-0.25, -0.2) is 9.18 Å². The van der Waals surface area contributed by atoms with Crippen molar-refractivity contribution in [1.82, 2.24) is 5.32 Å². The second-order valence-electron chi connectivity index (χ2n) is 3.62. The van der Waals surface area contributed by atoms with E-state index in [2.05, 4.69) is 10.1 Å². The van der Waals surface area contributed by atoms with E-state index in [0.29, 0.717) is 6.07 Å². The molecule has 1 heterocycles. The predicted molar refractivity (Wildman–Crippen MR) is 53.6 cm³/mol. The van der Waals surface area contributed by atoms with E-state index in [0.717, 1.165) is 6.07 Å². The number of ether oxygens (including phenoxy) is 1. The van der Waals surface area contributed by atoms with Crippen LogP contribution in [0.2, 0.25) is 5.02 Å². The number of carbonyl (C=O) groups is 1. The zero-order chi connectivity index (χ0) is 13.5. The van der Waals surface area contributed by atoms with Crippen LogP contribution in [0, 0.1) is 5.82 Å². The van der Waals surface area contributed by atoms with Crippen LogP contribution in [0.25, 0.3) is 0 Å². The van der Waals surface area contributed by atoms with Crippen molar-refractivity contribution in [2.75, 3.05) is 6.61 Å². The molecule has 1 amide bonds. The van der Waals surface area contributed by atoms with Crippen LogP contribution in [-0.2, 0) is 10.9 Å². The number of amides is 1. The number of nitrogens with one attached hydrogen (secondary N) is 1. The van der Waals surface area contributed by atoms with E-state index >= 15 is 0 Å². The molecule has 18 heavy (non-hydrogen) atoms. The fraction of sp³-hybridized carbons (Fsp3) is 0.300. The molecule has 1 saturated heterocycles. The maximum atomic E-state index is 13.7. The van der Waals surface area contributed by atoms with Crippen molar-refractivity contribution in [3.8, 4) is 0 Å². The molecule has 0 aliphatic carbocycles. The molecule has 8 heteroatoms. The van der Waals surface area contributed by atoms with E-state index in [4.69, 9.17) is 11.6 Å². The number of cyclic esters (lactones) is 1. The first-order chi connectivity index (χ1) is 8.30. The highest BCUT2D eigenvalue weighted by Gasteiger charge is 2.39. The standard InChI is InChI=1S/C10H6ClF4NO2/c11-5-2-1-4(10(13,14)15)7(8(5)12)6-3-18-9(17)16-6/h1-2,6H,3H2,(H,16,17)/t6-/m0/s1. The van der Waals surface area contributed by atoms with Crippen molar-refractivity contribution in [1.29, 1.82) is 0 Å². The molecule has 1 aliphatic heterocycles. The first-order valence-corrected chi connectivity index (χ1v) is 5.17. The fourth-order valence-electron chi connectivity index (χ4n) is 1.69. The van der Waals surface area contributed by atoms with Crippen molar-refractivity contribution in [3.05, 3.63) is 34.1 Å². The van der Waals surface area contributed by atoms with Crippen LogP contribution in [0.5, 0.6) is 0 Å². The number of rotatable bonds is 1. The van der Waals surface area contributed by atoms with Crippen LogP contribution in [0.15, 0.2) is 12.1 Å². The molecule has 1 fully saturated rings. The summed E-state index contributed by atoms with van der Waals surface area (Å²) in [5.74, 6) is -1.21. The third-order valence-electron chi connectivity index (χ3n) is 2.46. The number of hydrogen-bond acceptors (Lipinski definition) is 2. The Balaban J connectivity index is 2.55. The maximum absolute atomic E-state index is 13.7. The maximum Gasteiger partial charge on any atom is 0.416 e. The van der Waals surface area contributed by atoms with Crippen molar-refractivity contribution in [3.63, 3.8) is 0 Å². The van der Waals surface area contributed by atoms with Gasteiger partial charge >= 0.3 is 12.3 Å². The average molecular weight is 284 g/mol. The third-order valence-corrected chi connectivity index (χ3v) is 2.75. The highest BCUT2D eigenvalue weighted by atomic mass is 35.5. The van der Waals surface area contributed by atoms with Crippen LogP contribution in [0.3, 0.4) is 0 Å². The largest absolute Gasteiger partial charge is 0.447 e. The summed E-state index contributed by atoms with van der Waals surface area (Å²) in [6.45, 7) is -0.376. The predicted octanol–water partition coefficient (Wildman–Crippen LogP) is 3.28. The summed E-state index contributed by atoms with van der Waals surface area (Å²) >= 11 is 5.45. The minimum Gasteiger partial charge on any atom is -0.447 e. The zero-order valence-electron chi connectivity index (χ0n) is 8.65. The van der Waals surface area contributed by atoms with Crippen LogP contribution in [0.1, 0.15) is 17.2 Å². The van der Waals surface area contributed by atoms with Gasteiger partial charge in [-0.2, -0.15) is 13.2 Å². The van der Waals surface area contributed by atoms with Crippen molar-refractivity contribution >= 4 is 17.7 Å². The Labute approximate surface area is 104 Å². The summed E-state index contributed by atoms with van der Waals surface area (Å²) in [6, 6.07) is 0.291. The van der Waals surface area contributed by atoms with Gasteiger partial charge in [0.25, 0.3) is 0 Å². The van der Waals surface area contributed by atoms with E-state index in [1.165, 1.54) is 0 Å². The Bertz CT molecular complexity index is 503. The number of carbonyl (C=O) groups excluding carboxylic acids is 1. The number of benzene rings is 1. The fourth-order valence-corrected chi connectivity index (χ4v) is 1.86. The summed E-state index contributed by atoms with van der Waals surface area (Å²) < 4.78 is 56.4. The molecule has 2 rings (SSSR count). The average Bonchev–Trinajstić information content (AvgIpc) is 2.66. The Kier molecular flexibility index (Phi) is 3.10. The molecule has 1 aromatic rings. The van der Waals surface area contributed by atoms with Crippen LogP contribution < -0.4 is 5.32 Å². The van der Waals surface area contributed by atoms with Gasteiger partial charge in [-0.15, -0.1) is 0 Å². The summed E-state index contributed by atoms with van der Waals surface area (Å²) in [7, 11) is 0. The minimum absolute atomic E-state index is 0.376. The van der Waals surface area contributed by atoms with Crippen LogP contribution in [-0.4, -0.2) is 12.7 Å². The molecule has 3 nitrogen and oxygen atoms in total. The monoisotopic (exact) mass is 283 g/mol. The molecule has 0 unspecified atom stereocenters.